The molecule has 5 atom stereocenters. The molecule has 1 amide bonds. The summed E-state index contributed by atoms with van der Waals surface area (Å²) in [4.78, 5) is 12.6. The summed E-state index contributed by atoms with van der Waals surface area (Å²) in [5.74, 6) is 0. The SMILES string of the molecule is CN1C(=O)O[C@H]2[C@@H](O)[C@H](I)C[C@@H](O)[C@H]21. The molecule has 1 saturated carbocycles. The van der Waals surface area contributed by atoms with E-state index >= 15 is 0 Å². The summed E-state index contributed by atoms with van der Waals surface area (Å²) in [7, 11) is 1.58. The summed E-state index contributed by atoms with van der Waals surface area (Å²) in [6.45, 7) is 0. The van der Waals surface area contributed by atoms with E-state index in [0.717, 1.165) is 0 Å². The third-order valence-corrected chi connectivity index (χ3v) is 4.12. The predicted molar refractivity (Wildman–Crippen MR) is 56.3 cm³/mol. The number of amides is 1. The monoisotopic (exact) mass is 313 g/mol. The fraction of sp³-hybridized carbons (Fsp3) is 0.875. The molecule has 6 heteroatoms. The van der Waals surface area contributed by atoms with E-state index in [1.54, 1.807) is 7.05 Å². The first-order valence-corrected chi connectivity index (χ1v) is 5.70. The quantitative estimate of drug-likeness (QED) is 0.477. The average Bonchev–Trinajstić information content (AvgIpc) is 2.40. The van der Waals surface area contributed by atoms with Gasteiger partial charge >= 0.3 is 6.09 Å². The van der Waals surface area contributed by atoms with Crippen molar-refractivity contribution in [1.82, 2.24) is 4.90 Å². The number of likely N-dealkylation sites (N-methyl/N-ethyl adjacent to an activating group) is 1. The zero-order chi connectivity index (χ0) is 10.5. The van der Waals surface area contributed by atoms with Gasteiger partial charge in [-0.3, -0.25) is 0 Å². The molecule has 0 bridgehead atoms. The lowest BCUT2D eigenvalue weighted by Gasteiger charge is -2.36. The molecule has 2 fully saturated rings. The molecule has 0 aromatic carbocycles. The molecular weight excluding hydrogens is 301 g/mol. The molecule has 1 heterocycles. The summed E-state index contributed by atoms with van der Waals surface area (Å²) in [5, 5.41) is 19.5. The Morgan fingerprint density at radius 2 is 2.21 bits per heavy atom. The van der Waals surface area contributed by atoms with Crippen molar-refractivity contribution >= 4 is 28.7 Å². The fourth-order valence-corrected chi connectivity index (χ4v) is 3.01. The zero-order valence-electron chi connectivity index (χ0n) is 7.63. The van der Waals surface area contributed by atoms with Gasteiger partial charge in [0, 0.05) is 11.0 Å². The normalized spacial score (nSPS) is 47.6. The minimum absolute atomic E-state index is 0.0665. The van der Waals surface area contributed by atoms with Crippen molar-refractivity contribution in [3.63, 3.8) is 0 Å². The van der Waals surface area contributed by atoms with Crippen LogP contribution in [0.25, 0.3) is 0 Å². The van der Waals surface area contributed by atoms with Gasteiger partial charge in [0.25, 0.3) is 0 Å². The smallest absolute Gasteiger partial charge is 0.410 e. The highest BCUT2D eigenvalue weighted by atomic mass is 127. The number of alkyl halides is 1. The molecule has 1 aliphatic heterocycles. The molecular formula is C8H12INO4. The summed E-state index contributed by atoms with van der Waals surface area (Å²) >= 11 is 2.07. The van der Waals surface area contributed by atoms with E-state index in [9.17, 15) is 15.0 Å². The third kappa shape index (κ3) is 1.40. The Morgan fingerprint density at radius 1 is 1.57 bits per heavy atom. The maximum Gasteiger partial charge on any atom is 0.410 e. The van der Waals surface area contributed by atoms with E-state index in [-0.39, 0.29) is 3.92 Å². The van der Waals surface area contributed by atoms with Crippen LogP contribution >= 0.6 is 22.6 Å². The maximum atomic E-state index is 11.2. The molecule has 1 aliphatic carbocycles. The van der Waals surface area contributed by atoms with Crippen LogP contribution in [0.3, 0.4) is 0 Å². The van der Waals surface area contributed by atoms with Gasteiger partial charge in [0.2, 0.25) is 0 Å². The van der Waals surface area contributed by atoms with Gasteiger partial charge in [-0.05, 0) is 6.42 Å². The standard InChI is InChI=1S/C8H12INO4/c1-10-5-4(11)2-3(9)6(12)7(5)14-8(10)13/h3-7,11-12H,2H2,1H3/t3-,4-,5-,6+,7-/m1/s1. The molecule has 2 rings (SSSR count). The Kier molecular flexibility index (Phi) is 2.61. The van der Waals surface area contributed by atoms with Crippen molar-refractivity contribution in [3.05, 3.63) is 0 Å². The van der Waals surface area contributed by atoms with Crippen molar-refractivity contribution in [3.8, 4) is 0 Å². The Labute approximate surface area is 95.2 Å². The fourth-order valence-electron chi connectivity index (χ4n) is 2.08. The zero-order valence-corrected chi connectivity index (χ0v) is 9.79. The Balaban J connectivity index is 2.24. The molecule has 14 heavy (non-hydrogen) atoms. The lowest BCUT2D eigenvalue weighted by Crippen LogP contribution is -2.55. The molecule has 0 unspecified atom stereocenters. The minimum Gasteiger partial charge on any atom is -0.441 e. The number of aliphatic hydroxyl groups is 2. The number of carbonyl (C=O) groups excluding carboxylic acids is 1. The second-order valence-electron chi connectivity index (χ2n) is 3.76. The molecule has 2 aliphatic rings. The second-order valence-corrected chi connectivity index (χ2v) is 5.36. The van der Waals surface area contributed by atoms with Crippen molar-refractivity contribution in [1.29, 1.82) is 0 Å². The Bertz CT molecular complexity index is 262. The van der Waals surface area contributed by atoms with Crippen LogP contribution in [-0.4, -0.2) is 56.5 Å². The highest BCUT2D eigenvalue weighted by molar-refractivity contribution is 14.1. The van der Waals surface area contributed by atoms with E-state index < -0.39 is 30.4 Å². The molecule has 0 radical (unpaired) electrons. The van der Waals surface area contributed by atoms with E-state index in [4.69, 9.17) is 4.74 Å². The second kappa shape index (κ2) is 3.49. The molecule has 5 nitrogen and oxygen atoms in total. The first-order chi connectivity index (χ1) is 6.52. The van der Waals surface area contributed by atoms with Crippen molar-refractivity contribution in [2.75, 3.05) is 7.05 Å². The number of hydrogen-bond donors (Lipinski definition) is 2. The van der Waals surface area contributed by atoms with Crippen molar-refractivity contribution in [2.45, 2.75) is 34.7 Å². The van der Waals surface area contributed by atoms with Crippen LogP contribution in [0.15, 0.2) is 0 Å². The van der Waals surface area contributed by atoms with E-state index in [1.165, 1.54) is 4.90 Å². The first kappa shape index (κ1) is 10.4. The number of fused-ring (bicyclic) bond motifs is 1. The van der Waals surface area contributed by atoms with Crippen LogP contribution in [0, 0.1) is 0 Å². The summed E-state index contributed by atoms with van der Waals surface area (Å²) in [6.07, 6.45) is -1.86. The maximum absolute atomic E-state index is 11.2. The van der Waals surface area contributed by atoms with Crippen LogP contribution in [0.2, 0.25) is 0 Å². The summed E-state index contributed by atoms with van der Waals surface area (Å²) < 4.78 is 4.94. The number of halogens is 1. The van der Waals surface area contributed by atoms with Gasteiger partial charge in [-0.15, -0.1) is 0 Å². The molecule has 1 saturated heterocycles. The van der Waals surface area contributed by atoms with Crippen LogP contribution in [0.4, 0.5) is 4.79 Å². The van der Waals surface area contributed by atoms with Crippen molar-refractivity contribution in [2.24, 2.45) is 0 Å². The molecule has 0 aromatic rings. The summed E-state index contributed by atoms with van der Waals surface area (Å²) in [6, 6.07) is -0.400. The largest absolute Gasteiger partial charge is 0.441 e. The van der Waals surface area contributed by atoms with Gasteiger partial charge in [-0.2, -0.15) is 0 Å². The molecule has 0 spiro atoms. The number of hydrogen-bond acceptors (Lipinski definition) is 4. The number of rotatable bonds is 0. The van der Waals surface area contributed by atoms with E-state index in [0.29, 0.717) is 6.42 Å². The lowest BCUT2D eigenvalue weighted by atomic mass is 9.87. The van der Waals surface area contributed by atoms with Crippen LogP contribution in [0.5, 0.6) is 0 Å². The molecule has 80 valence electrons. The predicted octanol–water partition coefficient (Wildman–Crippen LogP) is -0.265. The number of ether oxygens (including phenoxy) is 1. The Morgan fingerprint density at radius 3 is 2.86 bits per heavy atom. The lowest BCUT2D eigenvalue weighted by molar-refractivity contribution is -0.0472. The third-order valence-electron chi connectivity index (χ3n) is 2.88. The first-order valence-electron chi connectivity index (χ1n) is 4.46. The van der Waals surface area contributed by atoms with Gasteiger partial charge < -0.3 is 19.8 Å². The highest BCUT2D eigenvalue weighted by Crippen LogP contribution is 2.34. The van der Waals surface area contributed by atoms with Gasteiger partial charge in [0.1, 0.15) is 12.1 Å². The average molecular weight is 313 g/mol. The van der Waals surface area contributed by atoms with E-state index in [1.807, 2.05) is 0 Å². The Hall–Kier alpha value is -0.0800. The number of carbonyl (C=O) groups is 1. The van der Waals surface area contributed by atoms with Crippen LogP contribution in [0.1, 0.15) is 6.42 Å². The minimum atomic E-state index is -0.683. The molecule has 0 aromatic heterocycles. The van der Waals surface area contributed by atoms with Gasteiger partial charge in [-0.1, -0.05) is 22.6 Å². The number of nitrogens with zero attached hydrogens (tertiary/aromatic N) is 1. The van der Waals surface area contributed by atoms with E-state index in [2.05, 4.69) is 22.6 Å². The summed E-state index contributed by atoms with van der Waals surface area (Å²) in [5.41, 5.74) is 0. The topological polar surface area (TPSA) is 70.0 Å². The van der Waals surface area contributed by atoms with Gasteiger partial charge in [0.05, 0.1) is 6.10 Å². The van der Waals surface area contributed by atoms with Gasteiger partial charge in [-0.25, -0.2) is 4.79 Å². The van der Waals surface area contributed by atoms with Crippen LogP contribution < -0.4 is 0 Å². The van der Waals surface area contributed by atoms with Crippen molar-refractivity contribution < 1.29 is 19.7 Å². The van der Waals surface area contributed by atoms with Gasteiger partial charge in [0.15, 0.2) is 6.10 Å². The van der Waals surface area contributed by atoms with Crippen LogP contribution in [-0.2, 0) is 4.74 Å². The number of aliphatic hydroxyl groups excluding tert-OH is 2. The molecule has 2 N–H and O–H groups in total. The highest BCUT2D eigenvalue weighted by Gasteiger charge is 2.52.